The fourth-order valence-electron chi connectivity index (χ4n) is 11.7. The van der Waals surface area contributed by atoms with Crippen molar-refractivity contribution in [2.75, 3.05) is 40.9 Å². The molecule has 0 rings (SSSR count). The molecule has 3 N–H and O–H groups in total. The van der Waals surface area contributed by atoms with Crippen molar-refractivity contribution >= 4 is 13.7 Å². The van der Waals surface area contributed by atoms with E-state index >= 15 is 0 Å². The third kappa shape index (κ3) is 68.3. The van der Waals surface area contributed by atoms with Crippen LogP contribution in [0.4, 0.5) is 0 Å². The molecule has 0 saturated carbocycles. The topological polar surface area (TPSA) is 105 Å². The van der Waals surface area contributed by atoms with Gasteiger partial charge in [-0.05, 0) is 44.9 Å². The second-order valence-corrected chi connectivity index (χ2v) is 28.5. The van der Waals surface area contributed by atoms with E-state index in [1.54, 1.807) is 0 Å². The monoisotopic (exact) mass is 1190 g/mol. The van der Waals surface area contributed by atoms with E-state index in [1.165, 1.54) is 321 Å². The minimum Gasteiger partial charge on any atom is -0.391 e. The van der Waals surface area contributed by atoms with Crippen molar-refractivity contribution in [2.45, 2.75) is 405 Å². The third-order valence-corrected chi connectivity index (χ3v) is 18.4. The van der Waals surface area contributed by atoms with E-state index < -0.39 is 20.0 Å². The SMILES string of the molecule is CCCCCCC/C=C\C/C=C\CCCCCCCCCCCCCCCCCCCCCCCCCCCCCC(=O)NC(COP(=O)(O)OCC[N+](C)(C)C)C(O)CCCCCCCCCCCCCCCCCCCCCCCC. The van der Waals surface area contributed by atoms with Gasteiger partial charge in [-0.3, -0.25) is 13.8 Å². The highest BCUT2D eigenvalue weighted by molar-refractivity contribution is 7.47. The first-order chi connectivity index (χ1) is 40.5. The van der Waals surface area contributed by atoms with Crippen LogP contribution in [0.2, 0.25) is 0 Å². The fourth-order valence-corrected chi connectivity index (χ4v) is 12.4. The summed E-state index contributed by atoms with van der Waals surface area (Å²) in [5.41, 5.74) is 0. The molecule has 0 heterocycles. The zero-order valence-corrected chi connectivity index (χ0v) is 57.6. The first-order valence-corrected chi connectivity index (χ1v) is 38.7. The number of phosphoric acid groups is 1. The predicted molar refractivity (Wildman–Crippen MR) is 365 cm³/mol. The smallest absolute Gasteiger partial charge is 0.391 e. The Morgan fingerprint density at radius 2 is 0.687 bits per heavy atom. The third-order valence-electron chi connectivity index (χ3n) is 17.5. The van der Waals surface area contributed by atoms with E-state index in [1.807, 2.05) is 21.1 Å². The second-order valence-electron chi connectivity index (χ2n) is 27.0. The van der Waals surface area contributed by atoms with Crippen LogP contribution in [-0.4, -0.2) is 73.4 Å². The Morgan fingerprint density at radius 3 is 0.988 bits per heavy atom. The quantitative estimate of drug-likeness (QED) is 0.0243. The summed E-state index contributed by atoms with van der Waals surface area (Å²) in [4.78, 5) is 23.5. The number of nitrogens with one attached hydrogen (secondary N) is 1. The molecule has 0 aromatic rings. The molecule has 9 heteroatoms. The lowest BCUT2D eigenvalue weighted by molar-refractivity contribution is -0.870. The van der Waals surface area contributed by atoms with Crippen LogP contribution in [0.3, 0.4) is 0 Å². The number of unbranched alkanes of at least 4 members (excludes halogenated alkanes) is 53. The summed E-state index contributed by atoms with van der Waals surface area (Å²) in [7, 11) is 1.64. The molecule has 0 saturated heterocycles. The van der Waals surface area contributed by atoms with Gasteiger partial charge in [-0.25, -0.2) is 4.57 Å². The number of phosphoric ester groups is 1. The van der Waals surface area contributed by atoms with Crippen molar-refractivity contribution in [3.63, 3.8) is 0 Å². The molecule has 494 valence electrons. The normalized spacial score (nSPS) is 13.7. The first kappa shape index (κ1) is 82.0. The van der Waals surface area contributed by atoms with E-state index in [0.29, 0.717) is 23.9 Å². The van der Waals surface area contributed by atoms with Gasteiger partial charge in [-0.15, -0.1) is 0 Å². The lowest BCUT2D eigenvalue weighted by atomic mass is 10.0. The summed E-state index contributed by atoms with van der Waals surface area (Å²) in [6.45, 7) is 4.94. The molecule has 0 radical (unpaired) electrons. The van der Waals surface area contributed by atoms with Gasteiger partial charge in [-0.2, -0.15) is 0 Å². The molecular weight excluding hydrogens is 1040 g/mol. The molecule has 0 aliphatic heterocycles. The van der Waals surface area contributed by atoms with Gasteiger partial charge in [0.05, 0.1) is 39.9 Å². The molecule has 0 aromatic heterocycles. The van der Waals surface area contributed by atoms with Crippen LogP contribution in [0, 0.1) is 0 Å². The Kier molecular flexibility index (Phi) is 64.6. The molecule has 83 heavy (non-hydrogen) atoms. The number of amides is 1. The van der Waals surface area contributed by atoms with E-state index in [9.17, 15) is 19.4 Å². The largest absolute Gasteiger partial charge is 0.472 e. The molecule has 8 nitrogen and oxygen atoms in total. The Bertz CT molecular complexity index is 1400. The molecule has 0 aliphatic rings. The van der Waals surface area contributed by atoms with Crippen LogP contribution in [0.1, 0.15) is 393 Å². The molecule has 3 unspecified atom stereocenters. The van der Waals surface area contributed by atoms with Crippen molar-refractivity contribution in [1.29, 1.82) is 0 Å². The summed E-state index contributed by atoms with van der Waals surface area (Å²) in [6.07, 6.45) is 85.9. The van der Waals surface area contributed by atoms with E-state index in [2.05, 4.69) is 43.5 Å². The van der Waals surface area contributed by atoms with Crippen molar-refractivity contribution in [3.8, 4) is 0 Å². The number of hydrogen-bond acceptors (Lipinski definition) is 5. The van der Waals surface area contributed by atoms with Crippen LogP contribution in [0.25, 0.3) is 0 Å². The van der Waals surface area contributed by atoms with Crippen LogP contribution in [0.15, 0.2) is 24.3 Å². The average Bonchev–Trinajstić information content (AvgIpc) is 3.50. The number of allylic oxidation sites excluding steroid dienone is 4. The lowest BCUT2D eigenvalue weighted by Gasteiger charge is -2.26. The zero-order chi connectivity index (χ0) is 60.5. The number of likely N-dealkylation sites (N-methyl/N-ethyl adjacent to an activating group) is 1. The number of quaternary nitrogens is 1. The van der Waals surface area contributed by atoms with Crippen LogP contribution < -0.4 is 5.32 Å². The standard InChI is InChI=1S/C74H147N2O6P/c1-6-8-10-12-14-16-18-20-22-24-26-28-30-31-32-33-34-35-36-37-38-39-40-41-42-43-44-45-46-48-50-52-54-56-58-60-62-64-66-68-74(78)75-72(71-82-83(79,80)81-70-69-76(3,4)5)73(77)67-65-63-61-59-57-55-53-51-49-47-29-27-25-23-21-19-17-15-13-11-9-7-2/h18,20,24,26,72-73,77H,6-17,19,21-23,25,27-71H2,1-5H3,(H-,75,78,79,80)/p+1/b20-18-,26-24-. The van der Waals surface area contributed by atoms with Gasteiger partial charge in [-0.1, -0.05) is 366 Å². The van der Waals surface area contributed by atoms with Crippen LogP contribution in [0.5, 0.6) is 0 Å². The van der Waals surface area contributed by atoms with E-state index in [0.717, 1.165) is 44.9 Å². The van der Waals surface area contributed by atoms with Gasteiger partial charge in [0, 0.05) is 6.42 Å². The number of nitrogens with zero attached hydrogens (tertiary/aromatic N) is 1. The molecule has 3 atom stereocenters. The second kappa shape index (κ2) is 65.4. The first-order valence-electron chi connectivity index (χ1n) is 37.2. The number of hydrogen-bond donors (Lipinski definition) is 3. The van der Waals surface area contributed by atoms with E-state index in [4.69, 9.17) is 9.05 Å². The maximum absolute atomic E-state index is 13.1. The fraction of sp³-hybridized carbons (Fsp3) is 0.932. The lowest BCUT2D eigenvalue weighted by Crippen LogP contribution is -2.46. The van der Waals surface area contributed by atoms with Gasteiger partial charge < -0.3 is 19.8 Å². The van der Waals surface area contributed by atoms with Crippen LogP contribution >= 0.6 is 7.82 Å². The molecule has 0 fully saturated rings. The van der Waals surface area contributed by atoms with Gasteiger partial charge in [0.15, 0.2) is 0 Å². The predicted octanol–water partition coefficient (Wildman–Crippen LogP) is 23.8. The molecule has 0 spiro atoms. The Balaban J connectivity index is 3.89. The summed E-state index contributed by atoms with van der Waals surface area (Å²) in [6, 6.07) is -0.759. The summed E-state index contributed by atoms with van der Waals surface area (Å²) >= 11 is 0. The van der Waals surface area contributed by atoms with Gasteiger partial charge in [0.2, 0.25) is 5.91 Å². The van der Waals surface area contributed by atoms with Crippen LogP contribution in [-0.2, 0) is 18.4 Å². The number of carbonyl (C=O) groups is 1. The van der Waals surface area contributed by atoms with Gasteiger partial charge in [0.1, 0.15) is 13.2 Å². The summed E-state index contributed by atoms with van der Waals surface area (Å²) in [5.74, 6) is -0.134. The Morgan fingerprint density at radius 1 is 0.410 bits per heavy atom. The Labute approximate surface area is 519 Å². The Hall–Kier alpha value is -1.02. The molecule has 0 bridgehead atoms. The van der Waals surface area contributed by atoms with Crippen molar-refractivity contribution in [2.24, 2.45) is 0 Å². The maximum atomic E-state index is 13.1. The highest BCUT2D eigenvalue weighted by Crippen LogP contribution is 2.43. The highest BCUT2D eigenvalue weighted by atomic mass is 31.2. The molecule has 0 aliphatic carbocycles. The summed E-state index contributed by atoms with van der Waals surface area (Å²) in [5, 5.41) is 14.2. The molecule has 0 aromatic carbocycles. The molecular formula is C74H148N2O6P+. The van der Waals surface area contributed by atoms with E-state index in [-0.39, 0.29) is 19.1 Å². The summed E-state index contributed by atoms with van der Waals surface area (Å²) < 4.78 is 23.9. The molecule has 1 amide bonds. The van der Waals surface area contributed by atoms with Gasteiger partial charge >= 0.3 is 7.82 Å². The number of rotatable bonds is 70. The van der Waals surface area contributed by atoms with Crippen molar-refractivity contribution in [1.82, 2.24) is 5.32 Å². The minimum atomic E-state index is -4.33. The van der Waals surface area contributed by atoms with Crippen molar-refractivity contribution in [3.05, 3.63) is 24.3 Å². The number of aliphatic hydroxyl groups is 1. The van der Waals surface area contributed by atoms with Gasteiger partial charge in [0.25, 0.3) is 0 Å². The number of aliphatic hydroxyl groups excluding tert-OH is 1. The zero-order valence-electron chi connectivity index (χ0n) is 56.7. The average molecular weight is 1190 g/mol. The maximum Gasteiger partial charge on any atom is 0.472 e. The van der Waals surface area contributed by atoms with Crippen molar-refractivity contribution < 1.29 is 32.9 Å². The minimum absolute atomic E-state index is 0.0782. The highest BCUT2D eigenvalue weighted by Gasteiger charge is 2.28. The number of carbonyl (C=O) groups excluding carboxylic acids is 1.